The van der Waals surface area contributed by atoms with E-state index in [4.69, 9.17) is 14.2 Å². The zero-order valence-corrected chi connectivity index (χ0v) is 10.5. The van der Waals surface area contributed by atoms with Crippen LogP contribution in [0.25, 0.3) is 0 Å². The number of fused-ring (bicyclic) bond motifs is 3. The summed E-state index contributed by atoms with van der Waals surface area (Å²) in [5, 5.41) is 0. The number of carbonyl (C=O) groups is 2. The molecule has 0 spiro atoms. The first-order valence-electron chi connectivity index (χ1n) is 6.97. The van der Waals surface area contributed by atoms with Gasteiger partial charge in [-0.1, -0.05) is 12.2 Å². The lowest BCUT2D eigenvalue weighted by molar-refractivity contribution is -0.166. The molecule has 102 valence electrons. The van der Waals surface area contributed by atoms with Gasteiger partial charge in [0.15, 0.2) is 0 Å². The molecule has 1 saturated carbocycles. The maximum atomic E-state index is 12.2. The standard InChI is InChI=1S/C14H16O5/c15-13(9-6-7-4-5-11(9)17-7)19-12-8-2-1-3-10(8)18-14(12)16/h4-5,7-12H,1-3,6H2. The van der Waals surface area contributed by atoms with Crippen molar-refractivity contribution in [3.63, 3.8) is 0 Å². The maximum Gasteiger partial charge on any atom is 0.348 e. The zero-order valence-electron chi connectivity index (χ0n) is 10.5. The number of ether oxygens (including phenoxy) is 3. The lowest BCUT2D eigenvalue weighted by atomic mass is 9.94. The molecule has 0 aromatic heterocycles. The fourth-order valence-corrected chi connectivity index (χ4v) is 3.69. The van der Waals surface area contributed by atoms with E-state index in [1.54, 1.807) is 0 Å². The Bertz CT molecular complexity index is 457. The Hall–Kier alpha value is -1.36. The van der Waals surface area contributed by atoms with Crippen LogP contribution in [-0.4, -0.2) is 36.4 Å². The first-order valence-corrected chi connectivity index (χ1v) is 6.97. The molecule has 5 nitrogen and oxygen atoms in total. The first-order chi connectivity index (χ1) is 9.22. The lowest BCUT2D eigenvalue weighted by Gasteiger charge is -2.19. The minimum Gasteiger partial charge on any atom is -0.459 e. The van der Waals surface area contributed by atoms with E-state index >= 15 is 0 Å². The molecule has 2 bridgehead atoms. The lowest BCUT2D eigenvalue weighted by Crippen LogP contribution is -2.34. The Labute approximate surface area is 110 Å². The second-order valence-electron chi connectivity index (χ2n) is 5.79. The number of carbonyl (C=O) groups excluding carboxylic acids is 2. The van der Waals surface area contributed by atoms with Crippen molar-refractivity contribution in [3.05, 3.63) is 12.2 Å². The fraction of sp³-hybridized carbons (Fsp3) is 0.714. The Morgan fingerprint density at radius 1 is 1.32 bits per heavy atom. The fourth-order valence-electron chi connectivity index (χ4n) is 3.69. The summed E-state index contributed by atoms with van der Waals surface area (Å²) < 4.78 is 16.3. The van der Waals surface area contributed by atoms with Crippen molar-refractivity contribution < 1.29 is 23.8 Å². The number of hydrogen-bond donors (Lipinski definition) is 0. The predicted octanol–water partition coefficient (Wildman–Crippen LogP) is 0.967. The molecule has 4 rings (SSSR count). The molecule has 19 heavy (non-hydrogen) atoms. The van der Waals surface area contributed by atoms with Crippen molar-refractivity contribution in [3.8, 4) is 0 Å². The van der Waals surface area contributed by atoms with Gasteiger partial charge < -0.3 is 14.2 Å². The smallest absolute Gasteiger partial charge is 0.348 e. The summed E-state index contributed by atoms with van der Waals surface area (Å²) >= 11 is 0. The van der Waals surface area contributed by atoms with E-state index in [0.29, 0.717) is 6.42 Å². The summed E-state index contributed by atoms with van der Waals surface area (Å²) in [5.41, 5.74) is 0. The normalized spacial score (nSPS) is 46.4. The molecular formula is C14H16O5. The molecule has 2 saturated heterocycles. The van der Waals surface area contributed by atoms with Crippen LogP contribution in [0.3, 0.4) is 0 Å². The van der Waals surface area contributed by atoms with Crippen LogP contribution < -0.4 is 0 Å². The Morgan fingerprint density at radius 3 is 2.95 bits per heavy atom. The van der Waals surface area contributed by atoms with Crippen molar-refractivity contribution in [2.24, 2.45) is 11.8 Å². The molecule has 0 aromatic rings. The van der Waals surface area contributed by atoms with Crippen molar-refractivity contribution in [1.82, 2.24) is 0 Å². The molecule has 5 heteroatoms. The van der Waals surface area contributed by atoms with Gasteiger partial charge >= 0.3 is 11.9 Å². The molecule has 3 aliphatic heterocycles. The van der Waals surface area contributed by atoms with Gasteiger partial charge in [0.1, 0.15) is 6.10 Å². The molecule has 6 atom stereocenters. The summed E-state index contributed by atoms with van der Waals surface area (Å²) in [7, 11) is 0. The van der Waals surface area contributed by atoms with E-state index in [1.807, 2.05) is 12.2 Å². The molecule has 0 radical (unpaired) electrons. The zero-order chi connectivity index (χ0) is 13.0. The van der Waals surface area contributed by atoms with Gasteiger partial charge in [0.25, 0.3) is 0 Å². The average molecular weight is 264 g/mol. The molecule has 0 aromatic carbocycles. The topological polar surface area (TPSA) is 61.8 Å². The Kier molecular flexibility index (Phi) is 2.45. The van der Waals surface area contributed by atoms with Gasteiger partial charge in [0.2, 0.25) is 6.10 Å². The Morgan fingerprint density at radius 2 is 2.21 bits per heavy atom. The monoisotopic (exact) mass is 264 g/mol. The maximum absolute atomic E-state index is 12.2. The molecule has 1 aliphatic carbocycles. The molecular weight excluding hydrogens is 248 g/mol. The van der Waals surface area contributed by atoms with Gasteiger partial charge in [0.05, 0.1) is 18.1 Å². The third-order valence-electron chi connectivity index (χ3n) is 4.67. The van der Waals surface area contributed by atoms with Gasteiger partial charge in [-0.3, -0.25) is 4.79 Å². The molecule has 4 aliphatic rings. The summed E-state index contributed by atoms with van der Waals surface area (Å²) in [4.78, 5) is 23.9. The van der Waals surface area contributed by atoms with Gasteiger partial charge in [-0.25, -0.2) is 4.79 Å². The van der Waals surface area contributed by atoms with Gasteiger partial charge in [-0.2, -0.15) is 0 Å². The summed E-state index contributed by atoms with van der Waals surface area (Å²) in [6.45, 7) is 0. The van der Waals surface area contributed by atoms with Gasteiger partial charge in [-0.05, 0) is 25.7 Å². The first kappa shape index (κ1) is 11.5. The van der Waals surface area contributed by atoms with Crippen molar-refractivity contribution in [2.75, 3.05) is 0 Å². The third-order valence-corrected chi connectivity index (χ3v) is 4.67. The summed E-state index contributed by atoms with van der Waals surface area (Å²) in [6, 6.07) is 0. The second kappa shape index (κ2) is 4.07. The average Bonchev–Trinajstić information content (AvgIpc) is 3.12. The van der Waals surface area contributed by atoms with Crippen LogP contribution in [0.15, 0.2) is 12.2 Å². The van der Waals surface area contributed by atoms with E-state index in [2.05, 4.69) is 0 Å². The van der Waals surface area contributed by atoms with E-state index in [-0.39, 0.29) is 42.1 Å². The van der Waals surface area contributed by atoms with Crippen molar-refractivity contribution in [2.45, 2.75) is 50.1 Å². The molecule has 3 fully saturated rings. The summed E-state index contributed by atoms with van der Waals surface area (Å²) in [5.74, 6) is -0.885. The highest BCUT2D eigenvalue weighted by Crippen LogP contribution is 2.40. The van der Waals surface area contributed by atoms with Crippen LogP contribution in [-0.2, 0) is 23.8 Å². The molecule has 0 amide bonds. The highest BCUT2D eigenvalue weighted by molar-refractivity contribution is 5.83. The minimum absolute atomic E-state index is 0.0392. The largest absolute Gasteiger partial charge is 0.459 e. The van der Waals surface area contributed by atoms with Gasteiger partial charge in [-0.15, -0.1) is 0 Å². The van der Waals surface area contributed by atoms with E-state index in [0.717, 1.165) is 19.3 Å². The number of hydrogen-bond acceptors (Lipinski definition) is 5. The third kappa shape index (κ3) is 1.71. The highest BCUT2D eigenvalue weighted by atomic mass is 16.6. The summed E-state index contributed by atoms with van der Waals surface area (Å²) in [6.07, 6.45) is 6.52. The van der Waals surface area contributed by atoms with E-state index in [9.17, 15) is 9.59 Å². The van der Waals surface area contributed by atoms with Gasteiger partial charge in [0, 0.05) is 5.92 Å². The minimum atomic E-state index is -0.692. The Balaban J connectivity index is 1.45. The molecule has 3 heterocycles. The second-order valence-corrected chi connectivity index (χ2v) is 5.79. The van der Waals surface area contributed by atoms with Crippen LogP contribution in [0.5, 0.6) is 0 Å². The van der Waals surface area contributed by atoms with Crippen LogP contribution in [0.1, 0.15) is 25.7 Å². The van der Waals surface area contributed by atoms with Crippen LogP contribution in [0, 0.1) is 11.8 Å². The predicted molar refractivity (Wildman–Crippen MR) is 63.0 cm³/mol. The van der Waals surface area contributed by atoms with E-state index < -0.39 is 6.10 Å². The number of rotatable bonds is 2. The van der Waals surface area contributed by atoms with Crippen molar-refractivity contribution >= 4 is 11.9 Å². The molecule has 6 unspecified atom stereocenters. The van der Waals surface area contributed by atoms with Crippen LogP contribution >= 0.6 is 0 Å². The van der Waals surface area contributed by atoms with E-state index in [1.165, 1.54) is 0 Å². The number of esters is 2. The highest BCUT2D eigenvalue weighted by Gasteiger charge is 2.51. The van der Waals surface area contributed by atoms with Crippen LogP contribution in [0.2, 0.25) is 0 Å². The molecule has 0 N–H and O–H groups in total. The SMILES string of the molecule is O=C(OC1C(=O)OC2CCCC21)C1CC2C=CC1O2. The van der Waals surface area contributed by atoms with Crippen molar-refractivity contribution in [1.29, 1.82) is 0 Å². The van der Waals surface area contributed by atoms with Crippen LogP contribution in [0.4, 0.5) is 0 Å². The quantitative estimate of drug-likeness (QED) is 0.549.